The summed E-state index contributed by atoms with van der Waals surface area (Å²) in [6.45, 7) is 2.71. The number of carbonyl (C=O) groups excluding carboxylic acids is 1. The van der Waals surface area contributed by atoms with E-state index in [-0.39, 0.29) is 11.9 Å². The number of aromatic nitrogens is 1. The van der Waals surface area contributed by atoms with Gasteiger partial charge in [0.15, 0.2) is 0 Å². The summed E-state index contributed by atoms with van der Waals surface area (Å²) in [5.41, 5.74) is 2.30. The number of amides is 1. The molecule has 2 aromatic carbocycles. The van der Waals surface area contributed by atoms with E-state index in [9.17, 15) is 4.79 Å². The molecule has 112 valence electrons. The Morgan fingerprint density at radius 3 is 2.59 bits per heavy atom. The number of hydrogen-bond donors (Lipinski definition) is 1. The zero-order valence-electron chi connectivity index (χ0n) is 12.7. The number of aryl methyl sites for hydroxylation is 1. The van der Waals surface area contributed by atoms with Crippen molar-refractivity contribution >= 4 is 16.8 Å². The van der Waals surface area contributed by atoms with Crippen LogP contribution in [0.4, 0.5) is 0 Å². The molecule has 3 nitrogen and oxygen atoms in total. The summed E-state index contributed by atoms with van der Waals surface area (Å²) in [6, 6.07) is 20.4. The van der Waals surface area contributed by atoms with E-state index in [1.807, 2.05) is 55.6 Å². The maximum Gasteiger partial charge on any atom is 0.222 e. The Bertz CT molecular complexity index is 761. The van der Waals surface area contributed by atoms with E-state index in [2.05, 4.69) is 28.1 Å². The van der Waals surface area contributed by atoms with Gasteiger partial charge in [-0.25, -0.2) is 0 Å². The standard InChI is InChI=1S/C19H20N2O/c1-15(16-7-3-2-4-8-16)20-19(22)12-14-21-13-11-17-9-5-6-10-18(17)21/h2-11,13,15H,12,14H2,1H3,(H,20,22)/t15-/m0/s1. The number of benzene rings is 2. The molecular weight excluding hydrogens is 272 g/mol. The first-order valence-corrected chi connectivity index (χ1v) is 7.62. The zero-order chi connectivity index (χ0) is 15.4. The van der Waals surface area contributed by atoms with Crippen molar-refractivity contribution in [1.82, 2.24) is 9.88 Å². The van der Waals surface area contributed by atoms with Gasteiger partial charge in [0, 0.05) is 24.7 Å². The molecule has 1 heterocycles. The first-order valence-electron chi connectivity index (χ1n) is 7.62. The molecule has 0 aliphatic heterocycles. The van der Waals surface area contributed by atoms with Gasteiger partial charge in [0.05, 0.1) is 6.04 Å². The topological polar surface area (TPSA) is 34.0 Å². The Morgan fingerprint density at radius 2 is 1.77 bits per heavy atom. The molecule has 3 heteroatoms. The minimum atomic E-state index is 0.0371. The highest BCUT2D eigenvalue weighted by atomic mass is 16.1. The Kier molecular flexibility index (Phi) is 4.24. The maximum atomic E-state index is 12.1. The maximum absolute atomic E-state index is 12.1. The number of para-hydroxylation sites is 1. The van der Waals surface area contributed by atoms with E-state index in [1.165, 1.54) is 10.9 Å². The van der Waals surface area contributed by atoms with E-state index >= 15 is 0 Å². The summed E-state index contributed by atoms with van der Waals surface area (Å²) < 4.78 is 2.13. The highest BCUT2D eigenvalue weighted by Crippen LogP contribution is 2.16. The lowest BCUT2D eigenvalue weighted by Crippen LogP contribution is -2.27. The quantitative estimate of drug-likeness (QED) is 0.760. The first-order chi connectivity index (χ1) is 10.7. The van der Waals surface area contributed by atoms with Crippen molar-refractivity contribution in [3.05, 3.63) is 72.4 Å². The van der Waals surface area contributed by atoms with Crippen molar-refractivity contribution in [2.45, 2.75) is 25.9 Å². The van der Waals surface area contributed by atoms with E-state index in [1.54, 1.807) is 0 Å². The SMILES string of the molecule is C[C@H](NC(=O)CCn1ccc2ccccc21)c1ccccc1. The molecule has 0 fully saturated rings. The van der Waals surface area contributed by atoms with Crippen LogP contribution in [0.1, 0.15) is 24.9 Å². The van der Waals surface area contributed by atoms with Gasteiger partial charge < -0.3 is 9.88 Å². The number of nitrogens with zero attached hydrogens (tertiary/aromatic N) is 1. The molecule has 0 spiro atoms. The van der Waals surface area contributed by atoms with E-state index in [0.717, 1.165) is 5.56 Å². The molecule has 22 heavy (non-hydrogen) atoms. The number of rotatable bonds is 5. The second-order valence-electron chi connectivity index (χ2n) is 5.52. The Balaban J connectivity index is 1.58. The molecule has 0 aliphatic rings. The van der Waals surface area contributed by atoms with Crippen LogP contribution in [0.25, 0.3) is 10.9 Å². The van der Waals surface area contributed by atoms with Gasteiger partial charge in [0.1, 0.15) is 0 Å². The fraction of sp³-hybridized carbons (Fsp3) is 0.211. The molecule has 0 unspecified atom stereocenters. The van der Waals surface area contributed by atoms with Crippen LogP contribution in [-0.4, -0.2) is 10.5 Å². The highest BCUT2D eigenvalue weighted by molar-refractivity contribution is 5.80. The molecule has 0 saturated heterocycles. The lowest BCUT2D eigenvalue weighted by atomic mass is 10.1. The molecular formula is C19H20N2O. The van der Waals surface area contributed by atoms with Crippen LogP contribution in [0.15, 0.2) is 66.9 Å². The molecule has 3 rings (SSSR count). The van der Waals surface area contributed by atoms with Crippen LogP contribution < -0.4 is 5.32 Å². The van der Waals surface area contributed by atoms with Crippen molar-refractivity contribution in [3.8, 4) is 0 Å². The van der Waals surface area contributed by atoms with Crippen molar-refractivity contribution < 1.29 is 4.79 Å². The number of hydrogen-bond acceptors (Lipinski definition) is 1. The fourth-order valence-corrected chi connectivity index (χ4v) is 2.70. The highest BCUT2D eigenvalue weighted by Gasteiger charge is 2.09. The summed E-state index contributed by atoms with van der Waals surface area (Å²) in [5.74, 6) is 0.0779. The molecule has 0 radical (unpaired) electrons. The monoisotopic (exact) mass is 292 g/mol. The van der Waals surface area contributed by atoms with E-state index in [0.29, 0.717) is 13.0 Å². The zero-order valence-corrected chi connectivity index (χ0v) is 12.7. The van der Waals surface area contributed by atoms with Crippen LogP contribution in [0.2, 0.25) is 0 Å². The Labute approximate surface area is 130 Å². The summed E-state index contributed by atoms with van der Waals surface area (Å²) in [4.78, 5) is 12.1. The summed E-state index contributed by atoms with van der Waals surface area (Å²) in [6.07, 6.45) is 2.52. The summed E-state index contributed by atoms with van der Waals surface area (Å²) in [7, 11) is 0. The van der Waals surface area contributed by atoms with Crippen LogP contribution in [0.5, 0.6) is 0 Å². The molecule has 1 aromatic heterocycles. The largest absolute Gasteiger partial charge is 0.350 e. The van der Waals surface area contributed by atoms with Crippen LogP contribution >= 0.6 is 0 Å². The molecule has 1 N–H and O–H groups in total. The van der Waals surface area contributed by atoms with Crippen LogP contribution in [0, 0.1) is 0 Å². The third-order valence-electron chi connectivity index (χ3n) is 3.94. The lowest BCUT2D eigenvalue weighted by Gasteiger charge is -2.14. The Hall–Kier alpha value is -2.55. The number of fused-ring (bicyclic) bond motifs is 1. The molecule has 0 aliphatic carbocycles. The van der Waals surface area contributed by atoms with Crippen molar-refractivity contribution in [2.24, 2.45) is 0 Å². The number of nitrogens with one attached hydrogen (secondary N) is 1. The third-order valence-corrected chi connectivity index (χ3v) is 3.94. The van der Waals surface area contributed by atoms with Crippen molar-refractivity contribution in [3.63, 3.8) is 0 Å². The second-order valence-corrected chi connectivity index (χ2v) is 5.52. The molecule has 1 atom stereocenters. The average Bonchev–Trinajstić information content (AvgIpc) is 2.97. The number of carbonyl (C=O) groups is 1. The third kappa shape index (κ3) is 3.19. The summed E-state index contributed by atoms with van der Waals surface area (Å²) >= 11 is 0. The van der Waals surface area contributed by atoms with Gasteiger partial charge in [0.25, 0.3) is 0 Å². The van der Waals surface area contributed by atoms with E-state index < -0.39 is 0 Å². The Morgan fingerprint density at radius 1 is 1.05 bits per heavy atom. The van der Waals surface area contributed by atoms with Crippen molar-refractivity contribution in [2.75, 3.05) is 0 Å². The second kappa shape index (κ2) is 6.48. The lowest BCUT2D eigenvalue weighted by molar-refractivity contribution is -0.121. The van der Waals surface area contributed by atoms with Gasteiger partial charge >= 0.3 is 0 Å². The van der Waals surface area contributed by atoms with Gasteiger partial charge in [-0.15, -0.1) is 0 Å². The fourth-order valence-electron chi connectivity index (χ4n) is 2.70. The van der Waals surface area contributed by atoms with Crippen LogP contribution in [-0.2, 0) is 11.3 Å². The van der Waals surface area contributed by atoms with Gasteiger partial charge in [-0.3, -0.25) is 4.79 Å². The van der Waals surface area contributed by atoms with Gasteiger partial charge in [-0.05, 0) is 30.0 Å². The predicted octanol–water partition coefficient (Wildman–Crippen LogP) is 3.91. The van der Waals surface area contributed by atoms with Gasteiger partial charge in [0.2, 0.25) is 5.91 Å². The smallest absolute Gasteiger partial charge is 0.222 e. The van der Waals surface area contributed by atoms with Crippen LogP contribution in [0.3, 0.4) is 0 Å². The predicted molar refractivity (Wildman–Crippen MR) is 89.6 cm³/mol. The molecule has 1 amide bonds. The molecule has 0 saturated carbocycles. The van der Waals surface area contributed by atoms with Gasteiger partial charge in [-0.1, -0.05) is 48.5 Å². The first kappa shape index (κ1) is 14.4. The summed E-state index contributed by atoms with van der Waals surface area (Å²) in [5, 5.41) is 4.26. The molecule has 3 aromatic rings. The average molecular weight is 292 g/mol. The van der Waals surface area contributed by atoms with E-state index in [4.69, 9.17) is 0 Å². The van der Waals surface area contributed by atoms with Crippen molar-refractivity contribution in [1.29, 1.82) is 0 Å². The minimum Gasteiger partial charge on any atom is -0.350 e. The minimum absolute atomic E-state index is 0.0371. The normalized spacial score (nSPS) is 12.2. The van der Waals surface area contributed by atoms with Gasteiger partial charge in [-0.2, -0.15) is 0 Å². The molecule has 0 bridgehead atoms.